The highest BCUT2D eigenvalue weighted by Crippen LogP contribution is 2.23. The lowest BCUT2D eigenvalue weighted by Gasteiger charge is -2.13. The summed E-state index contributed by atoms with van der Waals surface area (Å²) in [6.45, 7) is -0.0473. The average Bonchev–Trinajstić information content (AvgIpc) is 2.86. The summed E-state index contributed by atoms with van der Waals surface area (Å²) in [5, 5.41) is 11.7. The Bertz CT molecular complexity index is 906. The molecule has 0 spiro atoms. The van der Waals surface area contributed by atoms with E-state index in [1.54, 1.807) is 36.4 Å². The molecule has 1 heterocycles. The van der Waals surface area contributed by atoms with Gasteiger partial charge in [0.05, 0.1) is 16.7 Å². The summed E-state index contributed by atoms with van der Waals surface area (Å²) in [6.07, 6.45) is -0.0835. The van der Waals surface area contributed by atoms with Crippen molar-refractivity contribution in [1.82, 2.24) is 4.90 Å². The lowest BCUT2D eigenvalue weighted by atomic mass is 10.1. The zero-order chi connectivity index (χ0) is 18.8. The zero-order valence-corrected chi connectivity index (χ0v) is 15.5. The monoisotopic (exact) mass is 464 g/mol. The number of aromatic carboxylic acids is 1. The van der Waals surface area contributed by atoms with Gasteiger partial charge in [-0.1, -0.05) is 12.1 Å². The number of halogens is 1. The number of fused-ring (bicyclic) bond motifs is 1. The first-order valence-corrected chi connectivity index (χ1v) is 8.74. The third kappa shape index (κ3) is 3.45. The van der Waals surface area contributed by atoms with Crippen LogP contribution in [0.25, 0.3) is 0 Å². The summed E-state index contributed by atoms with van der Waals surface area (Å²) in [6, 6.07) is 11.1. The minimum atomic E-state index is -1.09. The Labute approximate surface area is 162 Å². The Kier molecular flexibility index (Phi) is 5.03. The Hall–Kier alpha value is -2.75. The van der Waals surface area contributed by atoms with Gasteiger partial charge in [-0.15, -0.1) is 0 Å². The van der Waals surface area contributed by atoms with Gasteiger partial charge in [0.2, 0.25) is 5.91 Å². The molecule has 0 atom stereocenters. The number of carboxylic acid groups (broad SMARTS) is 1. The van der Waals surface area contributed by atoms with Crippen molar-refractivity contribution >= 4 is 52.0 Å². The highest BCUT2D eigenvalue weighted by atomic mass is 127. The molecule has 0 aliphatic carbocycles. The van der Waals surface area contributed by atoms with E-state index in [0.717, 1.165) is 4.90 Å². The van der Waals surface area contributed by atoms with Crippen LogP contribution in [0.2, 0.25) is 0 Å². The van der Waals surface area contributed by atoms with E-state index in [2.05, 4.69) is 5.32 Å². The summed E-state index contributed by atoms with van der Waals surface area (Å²) in [5.41, 5.74) is 1.10. The van der Waals surface area contributed by atoms with Crippen LogP contribution in [0.5, 0.6) is 0 Å². The minimum absolute atomic E-state index is 0.0473. The van der Waals surface area contributed by atoms with Gasteiger partial charge in [0.25, 0.3) is 11.8 Å². The van der Waals surface area contributed by atoms with Crippen LogP contribution in [0.15, 0.2) is 42.5 Å². The predicted octanol–water partition coefficient (Wildman–Crippen LogP) is 2.61. The number of benzene rings is 2. The molecule has 26 heavy (non-hydrogen) atoms. The molecule has 0 fully saturated rings. The van der Waals surface area contributed by atoms with Crippen molar-refractivity contribution in [3.8, 4) is 0 Å². The number of anilines is 1. The molecule has 2 aromatic rings. The quantitative estimate of drug-likeness (QED) is 0.523. The predicted molar refractivity (Wildman–Crippen MR) is 101 cm³/mol. The zero-order valence-electron chi connectivity index (χ0n) is 13.4. The van der Waals surface area contributed by atoms with Gasteiger partial charge in [-0.05, 0) is 52.9 Å². The Balaban J connectivity index is 1.64. The summed E-state index contributed by atoms with van der Waals surface area (Å²) in [4.78, 5) is 48.8. The second-order valence-corrected chi connectivity index (χ2v) is 6.77. The molecule has 0 unspecified atom stereocenters. The van der Waals surface area contributed by atoms with Gasteiger partial charge >= 0.3 is 5.97 Å². The highest BCUT2D eigenvalue weighted by molar-refractivity contribution is 14.1. The van der Waals surface area contributed by atoms with Gasteiger partial charge < -0.3 is 10.4 Å². The number of carboxylic acids is 1. The highest BCUT2D eigenvalue weighted by Gasteiger charge is 2.34. The first-order valence-electron chi connectivity index (χ1n) is 7.66. The number of hydrogen-bond acceptors (Lipinski definition) is 4. The van der Waals surface area contributed by atoms with E-state index in [-0.39, 0.29) is 18.5 Å². The molecule has 3 rings (SSSR count). The molecule has 0 radical (unpaired) electrons. The molecule has 3 amide bonds. The van der Waals surface area contributed by atoms with Crippen LogP contribution in [0.4, 0.5) is 5.69 Å². The van der Waals surface area contributed by atoms with Crippen LogP contribution in [0.1, 0.15) is 37.5 Å². The smallest absolute Gasteiger partial charge is 0.336 e. The molecule has 7 nitrogen and oxygen atoms in total. The standard InChI is InChI=1S/C18H13IN2O5/c19-14-6-5-10(9-13(14)18(25)26)20-15(22)7-8-21-16(23)11-3-1-2-4-12(11)17(21)24/h1-6,9H,7-8H2,(H,20,22)(H,25,26). The summed E-state index contributed by atoms with van der Waals surface area (Å²) in [7, 11) is 0. The van der Waals surface area contributed by atoms with Crippen molar-refractivity contribution in [3.63, 3.8) is 0 Å². The molecule has 8 heteroatoms. The van der Waals surface area contributed by atoms with Gasteiger partial charge in [0.15, 0.2) is 0 Å². The molecule has 0 bridgehead atoms. The summed E-state index contributed by atoms with van der Waals surface area (Å²) >= 11 is 1.90. The number of rotatable bonds is 5. The Morgan fingerprint density at radius 2 is 1.65 bits per heavy atom. The Morgan fingerprint density at radius 1 is 1.04 bits per heavy atom. The normalized spacial score (nSPS) is 12.9. The van der Waals surface area contributed by atoms with Crippen LogP contribution in [-0.2, 0) is 4.79 Å². The summed E-state index contributed by atoms with van der Waals surface area (Å²) in [5.74, 6) is -2.34. The maximum Gasteiger partial charge on any atom is 0.336 e. The first-order chi connectivity index (χ1) is 12.4. The van der Waals surface area contributed by atoms with Crippen LogP contribution >= 0.6 is 22.6 Å². The van der Waals surface area contributed by atoms with E-state index in [4.69, 9.17) is 5.11 Å². The van der Waals surface area contributed by atoms with Gasteiger partial charge in [0.1, 0.15) is 0 Å². The number of nitrogens with one attached hydrogen (secondary N) is 1. The third-order valence-electron chi connectivity index (χ3n) is 3.92. The SMILES string of the molecule is O=C(CCN1C(=O)c2ccccc2C1=O)Nc1ccc(I)c(C(=O)O)c1. The number of carbonyl (C=O) groups excluding carboxylic acids is 3. The number of carbonyl (C=O) groups is 4. The maximum absolute atomic E-state index is 12.2. The average molecular weight is 464 g/mol. The van der Waals surface area contributed by atoms with Crippen LogP contribution in [0, 0.1) is 3.57 Å². The van der Waals surface area contributed by atoms with Gasteiger partial charge in [0, 0.05) is 22.2 Å². The Morgan fingerprint density at radius 3 is 2.23 bits per heavy atom. The maximum atomic E-state index is 12.2. The van der Waals surface area contributed by atoms with Crippen molar-refractivity contribution in [2.75, 3.05) is 11.9 Å². The molecule has 1 aliphatic heterocycles. The molecule has 132 valence electrons. The molecule has 0 aromatic heterocycles. The van der Waals surface area contributed by atoms with E-state index in [1.807, 2.05) is 22.6 Å². The number of hydrogen-bond donors (Lipinski definition) is 2. The van der Waals surface area contributed by atoms with Crippen molar-refractivity contribution in [1.29, 1.82) is 0 Å². The van der Waals surface area contributed by atoms with E-state index < -0.39 is 23.7 Å². The molecule has 0 saturated carbocycles. The van der Waals surface area contributed by atoms with Crippen molar-refractivity contribution in [2.24, 2.45) is 0 Å². The van der Waals surface area contributed by atoms with Gasteiger partial charge in [-0.3, -0.25) is 19.3 Å². The fourth-order valence-electron chi connectivity index (χ4n) is 2.65. The van der Waals surface area contributed by atoms with Crippen molar-refractivity contribution in [3.05, 3.63) is 62.7 Å². The van der Waals surface area contributed by atoms with E-state index >= 15 is 0 Å². The number of nitrogens with zero attached hydrogens (tertiary/aromatic N) is 1. The third-order valence-corrected chi connectivity index (χ3v) is 4.86. The topological polar surface area (TPSA) is 104 Å². The van der Waals surface area contributed by atoms with Crippen molar-refractivity contribution in [2.45, 2.75) is 6.42 Å². The lowest BCUT2D eigenvalue weighted by molar-refractivity contribution is -0.116. The molecular formula is C18H13IN2O5. The van der Waals surface area contributed by atoms with Crippen LogP contribution < -0.4 is 5.32 Å². The second-order valence-electron chi connectivity index (χ2n) is 5.61. The molecule has 2 N–H and O–H groups in total. The fraction of sp³-hybridized carbons (Fsp3) is 0.111. The van der Waals surface area contributed by atoms with Crippen LogP contribution in [-0.4, -0.2) is 40.2 Å². The molecule has 1 aliphatic rings. The van der Waals surface area contributed by atoms with E-state index in [1.165, 1.54) is 6.07 Å². The largest absolute Gasteiger partial charge is 0.478 e. The van der Waals surface area contributed by atoms with E-state index in [9.17, 15) is 19.2 Å². The van der Waals surface area contributed by atoms with Gasteiger partial charge in [-0.2, -0.15) is 0 Å². The number of amides is 3. The molecule has 2 aromatic carbocycles. The van der Waals surface area contributed by atoms with E-state index in [0.29, 0.717) is 20.4 Å². The second kappa shape index (κ2) is 7.24. The fourth-order valence-corrected chi connectivity index (χ4v) is 3.21. The minimum Gasteiger partial charge on any atom is -0.478 e. The molecule has 0 saturated heterocycles. The molecular weight excluding hydrogens is 451 g/mol. The van der Waals surface area contributed by atoms with Crippen molar-refractivity contribution < 1.29 is 24.3 Å². The van der Waals surface area contributed by atoms with Gasteiger partial charge in [-0.25, -0.2) is 4.79 Å². The lowest BCUT2D eigenvalue weighted by Crippen LogP contribution is -2.32. The first kappa shape index (κ1) is 18.1. The van der Waals surface area contributed by atoms with Crippen LogP contribution in [0.3, 0.4) is 0 Å². The summed E-state index contributed by atoms with van der Waals surface area (Å²) < 4.78 is 0.555. The number of imide groups is 1.